The molecule has 0 aliphatic rings. The highest BCUT2D eigenvalue weighted by Crippen LogP contribution is 2.00. The molecule has 0 aliphatic carbocycles. The zero-order chi connectivity index (χ0) is 22.0. The number of carbonyl (C=O) groups excluding carboxylic acids is 4. The van der Waals surface area contributed by atoms with Crippen LogP contribution in [0.4, 0.5) is 0 Å². The van der Waals surface area contributed by atoms with Crippen LogP contribution in [0.2, 0.25) is 0 Å². The van der Waals surface area contributed by atoms with Gasteiger partial charge in [-0.3, -0.25) is 19.2 Å². The minimum absolute atomic E-state index is 0.232. The van der Waals surface area contributed by atoms with Crippen LogP contribution in [0.25, 0.3) is 0 Å². The highest BCUT2D eigenvalue weighted by atomic mass is 32.1. The molecule has 9 N–H and O–H groups in total. The number of primary amides is 1. The highest BCUT2D eigenvalue weighted by molar-refractivity contribution is 7.80. The first kappa shape index (κ1) is 25.6. The van der Waals surface area contributed by atoms with Gasteiger partial charge in [0.05, 0.1) is 19.1 Å². The Morgan fingerprint density at radius 1 is 0.929 bits per heavy atom. The summed E-state index contributed by atoms with van der Waals surface area (Å²) in [7, 11) is 0. The Morgan fingerprint density at radius 3 is 1.79 bits per heavy atom. The van der Waals surface area contributed by atoms with E-state index in [-0.39, 0.29) is 11.7 Å². The van der Waals surface area contributed by atoms with E-state index < -0.39 is 66.8 Å². The number of carboxylic acid groups (broad SMARTS) is 1. The SMILES string of the molecule is CC(C)C(N)C(=O)NC(CO)C(=O)NC(CC(N)=O)C(=O)NC(CS)C(=O)O. The maximum atomic E-state index is 12.3. The molecule has 0 saturated carbocycles. The van der Waals surface area contributed by atoms with Gasteiger partial charge >= 0.3 is 5.97 Å². The Morgan fingerprint density at radius 2 is 1.39 bits per heavy atom. The van der Waals surface area contributed by atoms with Crippen LogP contribution in [0, 0.1) is 5.92 Å². The van der Waals surface area contributed by atoms with Gasteiger partial charge < -0.3 is 37.6 Å². The van der Waals surface area contributed by atoms with Crippen LogP contribution in [0.3, 0.4) is 0 Å². The molecule has 4 atom stereocenters. The van der Waals surface area contributed by atoms with Crippen molar-refractivity contribution in [1.29, 1.82) is 0 Å². The number of thiol groups is 1. The van der Waals surface area contributed by atoms with Gasteiger partial charge in [0.25, 0.3) is 0 Å². The fourth-order valence-corrected chi connectivity index (χ4v) is 2.15. The molecule has 4 unspecified atom stereocenters. The summed E-state index contributed by atoms with van der Waals surface area (Å²) in [6.45, 7) is 2.57. The molecule has 0 radical (unpaired) electrons. The standard InChI is InChI=1S/C15H27N5O7S/c1-6(2)11(17)14(25)19-8(4-21)13(24)18-7(3-10(16)22)12(23)20-9(5-28)15(26)27/h6-9,11,21,28H,3-5,17H2,1-2H3,(H2,16,22)(H,18,24)(H,19,25)(H,20,23)(H,26,27). The predicted octanol–water partition coefficient (Wildman–Crippen LogP) is -3.69. The van der Waals surface area contributed by atoms with Crippen LogP contribution in [0.5, 0.6) is 0 Å². The topological polar surface area (TPSA) is 214 Å². The second-order valence-corrected chi connectivity index (χ2v) is 6.69. The number of aliphatic hydroxyl groups excluding tert-OH is 1. The summed E-state index contributed by atoms with van der Waals surface area (Å²) in [5.74, 6) is -5.44. The van der Waals surface area contributed by atoms with Crippen LogP contribution < -0.4 is 27.4 Å². The molecule has 0 aromatic heterocycles. The predicted molar refractivity (Wildman–Crippen MR) is 101 cm³/mol. The lowest BCUT2D eigenvalue weighted by Gasteiger charge is -2.24. The van der Waals surface area contributed by atoms with Crippen molar-refractivity contribution in [3.8, 4) is 0 Å². The normalized spacial score (nSPS) is 15.1. The minimum atomic E-state index is -1.52. The van der Waals surface area contributed by atoms with Gasteiger partial charge in [-0.25, -0.2) is 4.79 Å². The molecule has 0 bridgehead atoms. The minimum Gasteiger partial charge on any atom is -0.480 e. The van der Waals surface area contributed by atoms with Crippen molar-refractivity contribution < 1.29 is 34.2 Å². The molecule has 0 rings (SSSR count). The molecular formula is C15H27N5O7S. The average Bonchev–Trinajstić information content (AvgIpc) is 2.61. The van der Waals surface area contributed by atoms with Gasteiger partial charge in [-0.15, -0.1) is 0 Å². The molecule has 160 valence electrons. The summed E-state index contributed by atoms with van der Waals surface area (Å²) in [5.41, 5.74) is 10.7. The molecule has 0 fully saturated rings. The summed E-state index contributed by atoms with van der Waals surface area (Å²) < 4.78 is 0. The fraction of sp³-hybridized carbons (Fsp3) is 0.667. The Hall–Kier alpha value is -2.38. The first-order chi connectivity index (χ1) is 12.9. The number of amides is 4. The lowest BCUT2D eigenvalue weighted by Crippen LogP contribution is -2.59. The number of aliphatic hydroxyl groups is 1. The third kappa shape index (κ3) is 8.54. The summed E-state index contributed by atoms with van der Waals surface area (Å²) in [6.07, 6.45) is -0.631. The molecular weight excluding hydrogens is 394 g/mol. The van der Waals surface area contributed by atoms with Crippen LogP contribution in [-0.2, 0) is 24.0 Å². The lowest BCUT2D eigenvalue weighted by molar-refractivity contribution is -0.141. The molecule has 0 aromatic carbocycles. The zero-order valence-corrected chi connectivity index (χ0v) is 16.4. The van der Waals surface area contributed by atoms with E-state index in [1.54, 1.807) is 13.8 Å². The van der Waals surface area contributed by atoms with Gasteiger partial charge in [0, 0.05) is 5.75 Å². The maximum absolute atomic E-state index is 12.3. The molecule has 0 aromatic rings. The smallest absolute Gasteiger partial charge is 0.327 e. The quantitative estimate of drug-likeness (QED) is 0.146. The summed E-state index contributed by atoms with van der Waals surface area (Å²) >= 11 is 3.79. The van der Waals surface area contributed by atoms with Crippen molar-refractivity contribution in [3.05, 3.63) is 0 Å². The van der Waals surface area contributed by atoms with E-state index in [0.717, 1.165) is 0 Å². The van der Waals surface area contributed by atoms with Crippen molar-refractivity contribution >= 4 is 42.2 Å². The molecule has 0 spiro atoms. The Kier molecular flexibility index (Phi) is 11.1. The second kappa shape index (κ2) is 12.2. The van der Waals surface area contributed by atoms with Gasteiger partial charge in [0.2, 0.25) is 23.6 Å². The number of hydrogen-bond acceptors (Lipinski definition) is 8. The molecule has 0 saturated heterocycles. The molecule has 12 nitrogen and oxygen atoms in total. The third-order valence-electron chi connectivity index (χ3n) is 3.67. The van der Waals surface area contributed by atoms with E-state index in [2.05, 4.69) is 28.6 Å². The van der Waals surface area contributed by atoms with Gasteiger partial charge in [-0.2, -0.15) is 12.6 Å². The van der Waals surface area contributed by atoms with Crippen LogP contribution in [0.15, 0.2) is 0 Å². The van der Waals surface area contributed by atoms with Crippen LogP contribution in [-0.4, -0.2) is 76.3 Å². The number of carboxylic acids is 1. The average molecular weight is 421 g/mol. The van der Waals surface area contributed by atoms with Crippen molar-refractivity contribution in [2.24, 2.45) is 17.4 Å². The number of aliphatic carboxylic acids is 1. The maximum Gasteiger partial charge on any atom is 0.327 e. The van der Waals surface area contributed by atoms with Gasteiger partial charge in [0.1, 0.15) is 18.1 Å². The summed E-state index contributed by atoms with van der Waals surface area (Å²) in [5, 5.41) is 24.8. The molecule has 13 heteroatoms. The number of nitrogens with one attached hydrogen (secondary N) is 3. The van der Waals surface area contributed by atoms with E-state index in [4.69, 9.17) is 16.6 Å². The Balaban J connectivity index is 5.21. The van der Waals surface area contributed by atoms with Gasteiger partial charge in [-0.05, 0) is 5.92 Å². The van der Waals surface area contributed by atoms with Crippen LogP contribution >= 0.6 is 12.6 Å². The van der Waals surface area contributed by atoms with E-state index in [1.165, 1.54) is 0 Å². The summed E-state index contributed by atoms with van der Waals surface area (Å²) in [4.78, 5) is 58.7. The monoisotopic (exact) mass is 421 g/mol. The van der Waals surface area contributed by atoms with E-state index in [1.807, 2.05) is 0 Å². The summed E-state index contributed by atoms with van der Waals surface area (Å²) in [6, 6.07) is -5.25. The molecule has 4 amide bonds. The Labute approximate surface area is 167 Å². The zero-order valence-electron chi connectivity index (χ0n) is 15.5. The number of carbonyl (C=O) groups is 5. The first-order valence-electron chi connectivity index (χ1n) is 8.34. The molecule has 0 aliphatic heterocycles. The number of rotatable bonds is 12. The first-order valence-corrected chi connectivity index (χ1v) is 8.97. The van der Waals surface area contributed by atoms with E-state index in [0.29, 0.717) is 0 Å². The Bertz CT molecular complexity index is 601. The largest absolute Gasteiger partial charge is 0.480 e. The van der Waals surface area contributed by atoms with Crippen molar-refractivity contribution in [2.75, 3.05) is 12.4 Å². The lowest BCUT2D eigenvalue weighted by atomic mass is 10.0. The fourth-order valence-electron chi connectivity index (χ4n) is 1.91. The third-order valence-corrected chi connectivity index (χ3v) is 4.04. The highest BCUT2D eigenvalue weighted by Gasteiger charge is 2.31. The van der Waals surface area contributed by atoms with Gasteiger partial charge in [0.15, 0.2) is 0 Å². The molecule has 0 heterocycles. The second-order valence-electron chi connectivity index (χ2n) is 6.33. The van der Waals surface area contributed by atoms with Crippen LogP contribution in [0.1, 0.15) is 20.3 Å². The molecule has 28 heavy (non-hydrogen) atoms. The van der Waals surface area contributed by atoms with Gasteiger partial charge in [-0.1, -0.05) is 13.8 Å². The number of nitrogens with two attached hydrogens (primary N) is 2. The van der Waals surface area contributed by atoms with E-state index >= 15 is 0 Å². The van der Waals surface area contributed by atoms with Crippen molar-refractivity contribution in [1.82, 2.24) is 16.0 Å². The van der Waals surface area contributed by atoms with Crippen molar-refractivity contribution in [3.63, 3.8) is 0 Å². The number of hydrogen-bond donors (Lipinski definition) is 8. The van der Waals surface area contributed by atoms with E-state index in [9.17, 15) is 29.1 Å². The van der Waals surface area contributed by atoms with Crippen molar-refractivity contribution in [2.45, 2.75) is 44.4 Å².